The lowest BCUT2D eigenvalue weighted by Crippen LogP contribution is -2.25. The van der Waals surface area contributed by atoms with Gasteiger partial charge in [-0.1, -0.05) is 162 Å². The molecule has 3 heterocycles. The molecule has 5 heteroatoms. The number of hydrogen-bond donors (Lipinski definition) is 0. The Morgan fingerprint density at radius 3 is 2.09 bits per heavy atom. The van der Waals surface area contributed by atoms with Gasteiger partial charge in [0.2, 0.25) is 0 Å². The second-order valence-electron chi connectivity index (χ2n) is 17.7. The summed E-state index contributed by atoms with van der Waals surface area (Å²) in [6, 6.07) is 55.7. The largest absolute Gasteiger partial charge is 0.457 e. The predicted octanol–water partition coefficient (Wildman–Crippen LogP) is 17.3. The van der Waals surface area contributed by atoms with Crippen LogP contribution in [0.3, 0.4) is 0 Å². The highest BCUT2D eigenvalue weighted by atomic mass is 16.5. The van der Waals surface area contributed by atoms with E-state index in [4.69, 9.17) is 33.0 Å². The Hall–Kier alpha value is -7.89. The van der Waals surface area contributed by atoms with Crippen molar-refractivity contribution >= 4 is 44.6 Å². The lowest BCUT2D eigenvalue weighted by Gasteiger charge is -2.28. The van der Waals surface area contributed by atoms with Gasteiger partial charge in [0.25, 0.3) is 0 Å². The fourth-order valence-electron chi connectivity index (χ4n) is 9.50. The molecule has 10 aromatic rings. The van der Waals surface area contributed by atoms with Gasteiger partial charge >= 0.3 is 0 Å². The number of nitrogens with zero attached hydrogens (tertiary/aromatic N) is 4. The van der Waals surface area contributed by atoms with Crippen molar-refractivity contribution in [2.75, 3.05) is 16.5 Å². The highest BCUT2D eigenvalue weighted by molar-refractivity contribution is 6.09. The minimum absolute atomic E-state index is 0.00464. The molecule has 8 aromatic carbocycles. The minimum Gasteiger partial charge on any atom is -0.457 e. The van der Waals surface area contributed by atoms with Crippen LogP contribution in [0.25, 0.3) is 61.0 Å². The third kappa shape index (κ3) is 8.22. The van der Waals surface area contributed by atoms with Crippen molar-refractivity contribution in [3.8, 4) is 50.7 Å². The summed E-state index contributed by atoms with van der Waals surface area (Å²) < 4.78 is 154. The molecule has 0 aliphatic carbocycles. The highest BCUT2D eigenvalue weighted by Crippen LogP contribution is 2.51. The first-order valence-corrected chi connectivity index (χ1v) is 22.8. The van der Waals surface area contributed by atoms with E-state index < -0.39 is 57.5 Å². The van der Waals surface area contributed by atoms with E-state index in [2.05, 4.69) is 9.80 Å². The fourth-order valence-corrected chi connectivity index (χ4v) is 9.50. The van der Waals surface area contributed by atoms with Crippen molar-refractivity contribution in [1.82, 2.24) is 9.55 Å². The van der Waals surface area contributed by atoms with Gasteiger partial charge in [-0.05, 0) is 124 Å². The van der Waals surface area contributed by atoms with Crippen molar-refractivity contribution in [3.63, 3.8) is 0 Å². The normalized spacial score (nSPS) is 17.4. The number of aromatic nitrogens is 2. The first-order chi connectivity index (χ1) is 40.4. The third-order valence-corrected chi connectivity index (χ3v) is 12.7. The van der Waals surface area contributed by atoms with Crippen LogP contribution in [0.15, 0.2) is 194 Å². The second-order valence-corrected chi connectivity index (χ2v) is 17.7. The summed E-state index contributed by atoms with van der Waals surface area (Å²) in [5, 5.41) is 1.73. The number of benzene rings is 8. The Bertz CT molecular complexity index is 4160. The maximum Gasteiger partial charge on any atom is 0.137 e. The van der Waals surface area contributed by atoms with Gasteiger partial charge in [-0.3, -0.25) is 4.57 Å². The second kappa shape index (κ2) is 17.6. The van der Waals surface area contributed by atoms with E-state index in [9.17, 15) is 0 Å². The van der Waals surface area contributed by atoms with E-state index in [1.165, 1.54) is 36.5 Å². The van der Waals surface area contributed by atoms with E-state index in [1.54, 1.807) is 32.0 Å². The van der Waals surface area contributed by atoms with Crippen LogP contribution in [-0.4, -0.2) is 16.2 Å². The number of fused-ring (bicyclic) bond motifs is 4. The lowest BCUT2D eigenvalue weighted by atomic mass is 9.85. The van der Waals surface area contributed by atoms with Crippen LogP contribution in [-0.2, 0) is 11.8 Å². The number of rotatable bonds is 10. The van der Waals surface area contributed by atoms with Gasteiger partial charge in [0.1, 0.15) is 24.0 Å². The molecule has 340 valence electrons. The molecule has 0 unspecified atom stereocenters. The third-order valence-electron chi connectivity index (χ3n) is 12.7. The van der Waals surface area contributed by atoms with Gasteiger partial charge in [0.05, 0.1) is 28.1 Å². The molecule has 2 aromatic heterocycles. The van der Waals surface area contributed by atoms with Crippen molar-refractivity contribution < 1.29 is 28.0 Å². The number of hydrogen-bond acceptors (Lipinski definition) is 4. The quantitative estimate of drug-likeness (QED) is 0.137. The van der Waals surface area contributed by atoms with Crippen LogP contribution >= 0.6 is 0 Å². The summed E-state index contributed by atoms with van der Waals surface area (Å²) in [7, 11) is 0. The van der Waals surface area contributed by atoms with Gasteiger partial charge < -0.3 is 14.5 Å². The van der Waals surface area contributed by atoms with Gasteiger partial charge in [-0.25, -0.2) is 4.98 Å². The zero-order valence-electron chi connectivity index (χ0n) is 55.0. The van der Waals surface area contributed by atoms with Crippen LogP contribution in [0.4, 0.5) is 22.7 Å². The molecule has 69 heavy (non-hydrogen) atoms. The summed E-state index contributed by atoms with van der Waals surface area (Å²) in [4.78, 5) is 8.84. The molecule has 0 spiro atoms. The lowest BCUT2D eigenvalue weighted by molar-refractivity contribution is 0.483. The zero-order valence-corrected chi connectivity index (χ0v) is 38.0. The number of aryl methyl sites for hydroxylation is 2. The Morgan fingerprint density at radius 1 is 0.580 bits per heavy atom. The molecule has 11 rings (SSSR count). The van der Waals surface area contributed by atoms with Crippen LogP contribution in [0.5, 0.6) is 11.5 Å². The topological polar surface area (TPSA) is 33.5 Å². The van der Waals surface area contributed by atoms with E-state index in [0.29, 0.717) is 62.0 Å². The molecule has 0 saturated heterocycles. The molecular weight excluding hydrogens is 841 g/mol. The first kappa shape index (κ1) is 28.4. The van der Waals surface area contributed by atoms with Gasteiger partial charge in [-0.2, -0.15) is 0 Å². The maximum atomic E-state index is 8.92. The van der Waals surface area contributed by atoms with E-state index in [-0.39, 0.29) is 23.4 Å². The monoisotopic (exact) mass is 916 g/mol. The minimum atomic E-state index is -3.48. The Kier molecular flexibility index (Phi) is 7.27. The van der Waals surface area contributed by atoms with E-state index >= 15 is 0 Å². The zero-order chi connectivity index (χ0) is 61.7. The van der Waals surface area contributed by atoms with Crippen LogP contribution < -0.4 is 14.5 Å². The smallest absolute Gasteiger partial charge is 0.137 e. The Labute approximate surface area is 430 Å². The summed E-state index contributed by atoms with van der Waals surface area (Å²) in [6.07, 6.45) is -0.641. The van der Waals surface area contributed by atoms with Gasteiger partial charge in [0, 0.05) is 69.2 Å². The standard InChI is InChI=1S/C64H58N4O/c1-42(2)35-48-40-65-62(37-43(48)3)68-58-24-12-11-21-55(58)56-34-32-52(39-61(56)68)69-51-20-15-19-50(38-51)66-41-67(60-26-14-13-25-59(60)66)63-54(46-27-30-49(31-28-46)64(5,6)7)22-16-23-57(63)53-33-29-47(36-44(53)4)45-17-9-8-10-18-45/h8-34,36-40,42H,35,41H2,1-7H3/i3D3,4D3,5D3,6D3,7D3,35D2. The van der Waals surface area contributed by atoms with Crippen molar-refractivity contribution in [2.24, 2.45) is 5.92 Å². The van der Waals surface area contributed by atoms with Crippen molar-refractivity contribution in [3.05, 3.63) is 217 Å². The summed E-state index contributed by atoms with van der Waals surface area (Å²) in [5.41, 5.74) is 3.93. The summed E-state index contributed by atoms with van der Waals surface area (Å²) in [5.74, 6) is 0.679. The molecule has 0 amide bonds. The summed E-state index contributed by atoms with van der Waals surface area (Å²) in [6.45, 7) is -12.1. The molecule has 0 radical (unpaired) electrons. The van der Waals surface area contributed by atoms with Gasteiger partial charge in [-0.15, -0.1) is 0 Å². The van der Waals surface area contributed by atoms with E-state index in [0.717, 1.165) is 33.2 Å². The Balaban J connectivity index is 1.02. The van der Waals surface area contributed by atoms with Crippen LogP contribution in [0.2, 0.25) is 0 Å². The number of para-hydroxylation sites is 4. The number of pyridine rings is 1. The van der Waals surface area contributed by atoms with Crippen LogP contribution in [0.1, 0.15) is 80.0 Å². The average Bonchev–Trinajstić information content (AvgIpc) is 0.878. The maximum absolute atomic E-state index is 8.92. The molecule has 5 nitrogen and oxygen atoms in total. The molecular formula is C64H58N4O. The van der Waals surface area contributed by atoms with Crippen molar-refractivity contribution in [2.45, 2.75) is 59.9 Å². The molecule has 0 atom stereocenters. The predicted molar refractivity (Wildman–Crippen MR) is 290 cm³/mol. The average molecular weight is 916 g/mol. The highest BCUT2D eigenvalue weighted by Gasteiger charge is 2.32. The fraction of sp³-hybridized carbons (Fsp3) is 0.172. The molecule has 0 fully saturated rings. The molecule has 0 saturated carbocycles. The number of anilines is 4. The van der Waals surface area contributed by atoms with Crippen molar-refractivity contribution in [1.29, 1.82) is 0 Å². The molecule has 0 bridgehead atoms. The molecule has 1 aliphatic heterocycles. The first-order valence-electron chi connectivity index (χ1n) is 31.3. The van der Waals surface area contributed by atoms with Gasteiger partial charge in [0.15, 0.2) is 0 Å². The summed E-state index contributed by atoms with van der Waals surface area (Å²) >= 11 is 0. The SMILES string of the molecule is [2H]C([2H])([2H])c1cc(-c2ccccc2)ccc1-c1cccc(-c2ccc(C(C([2H])([2H])[2H])(C([2H])([2H])[2H])C([2H])([2H])[2H])cc2)c1N1CN(c2cccc(Oc3ccc4c5ccccc5n(-c5cc(C([2H])([2H])[2H])c(C([2H])([2H])C(C)C)cn5)c4c3)c2)c2ccccc21. The number of ether oxygens (including phenoxy) is 1. The Morgan fingerprint density at radius 2 is 1.29 bits per heavy atom. The van der Waals surface area contributed by atoms with E-state index in [1.807, 2.05) is 144 Å². The molecule has 0 N–H and O–H groups in total. The van der Waals surface area contributed by atoms with Crippen LogP contribution in [0, 0.1) is 19.6 Å². The molecule has 1 aliphatic rings.